The molecule has 0 aromatic rings. The first kappa shape index (κ1) is 14.0. The van der Waals surface area contributed by atoms with Crippen molar-refractivity contribution >= 4 is 0 Å². The smallest absolute Gasteiger partial charge is 0.0968 e. The molecule has 0 aliphatic carbocycles. The van der Waals surface area contributed by atoms with Gasteiger partial charge in [0.05, 0.1) is 13.3 Å². The molecule has 2 nitrogen and oxygen atoms in total. The van der Waals surface area contributed by atoms with Crippen molar-refractivity contribution in [2.45, 2.75) is 71.3 Å². The van der Waals surface area contributed by atoms with Gasteiger partial charge >= 0.3 is 0 Å². The van der Waals surface area contributed by atoms with E-state index in [1.165, 1.54) is 51.4 Å². The van der Waals surface area contributed by atoms with Crippen molar-refractivity contribution in [2.75, 3.05) is 13.3 Å². The van der Waals surface area contributed by atoms with Crippen LogP contribution in [0.15, 0.2) is 0 Å². The highest BCUT2D eigenvalue weighted by Gasteiger charge is 2.15. The van der Waals surface area contributed by atoms with E-state index in [0.29, 0.717) is 6.04 Å². The minimum atomic E-state index is 0.627. The Bertz CT molecular complexity index is 155. The first-order valence-electron chi connectivity index (χ1n) is 7.14. The zero-order chi connectivity index (χ0) is 11.6. The lowest BCUT2D eigenvalue weighted by Crippen LogP contribution is -2.23. The van der Waals surface area contributed by atoms with Crippen molar-refractivity contribution in [3.63, 3.8) is 0 Å². The lowest BCUT2D eigenvalue weighted by atomic mass is 9.96. The number of unbranched alkanes of at least 4 members (excludes halogenated alkanes) is 4. The summed E-state index contributed by atoms with van der Waals surface area (Å²) in [6, 6.07) is 0.627. The van der Waals surface area contributed by atoms with Gasteiger partial charge in [0.15, 0.2) is 0 Å². The quantitative estimate of drug-likeness (QED) is 0.606. The van der Waals surface area contributed by atoms with Crippen molar-refractivity contribution in [3.8, 4) is 0 Å². The molecule has 0 bridgehead atoms. The Kier molecular flexibility index (Phi) is 7.87. The van der Waals surface area contributed by atoms with Crippen LogP contribution in [0.2, 0.25) is 0 Å². The maximum atomic E-state index is 5.30. The van der Waals surface area contributed by atoms with E-state index in [1.807, 2.05) is 0 Å². The molecule has 1 aliphatic rings. The Morgan fingerprint density at radius 2 is 2.00 bits per heavy atom. The number of hydrogen-bond donors (Lipinski definition) is 1. The lowest BCUT2D eigenvalue weighted by Gasteiger charge is -2.13. The summed E-state index contributed by atoms with van der Waals surface area (Å²) >= 11 is 0. The highest BCUT2D eigenvalue weighted by Crippen LogP contribution is 2.17. The molecule has 2 unspecified atom stereocenters. The molecule has 0 aromatic carbocycles. The molecule has 1 fully saturated rings. The van der Waals surface area contributed by atoms with Crippen molar-refractivity contribution in [1.29, 1.82) is 0 Å². The summed E-state index contributed by atoms with van der Waals surface area (Å²) in [5, 5.41) is 3.37. The summed E-state index contributed by atoms with van der Waals surface area (Å²) < 4.78 is 5.30. The standard InChI is InChI=1S/C14H29NO/c1-3-4-5-6-7-8-13(2)9-10-14-11-16-12-15-14/h13-15H,3-12H2,1-2H3. The van der Waals surface area contributed by atoms with Gasteiger partial charge in [0.1, 0.15) is 0 Å². The van der Waals surface area contributed by atoms with E-state index in [-0.39, 0.29) is 0 Å². The third-order valence-corrected chi connectivity index (χ3v) is 3.60. The van der Waals surface area contributed by atoms with Gasteiger partial charge in [0.25, 0.3) is 0 Å². The fraction of sp³-hybridized carbons (Fsp3) is 1.00. The summed E-state index contributed by atoms with van der Waals surface area (Å²) in [4.78, 5) is 0. The Balaban J connectivity index is 1.87. The van der Waals surface area contributed by atoms with Crippen LogP contribution in [0.3, 0.4) is 0 Å². The zero-order valence-electron chi connectivity index (χ0n) is 11.1. The van der Waals surface area contributed by atoms with Crippen molar-refractivity contribution in [2.24, 2.45) is 5.92 Å². The van der Waals surface area contributed by atoms with Gasteiger partial charge < -0.3 is 4.74 Å². The van der Waals surface area contributed by atoms with Crippen LogP contribution in [0.25, 0.3) is 0 Å². The molecule has 1 rings (SSSR count). The maximum Gasteiger partial charge on any atom is 0.0968 e. The van der Waals surface area contributed by atoms with Gasteiger partial charge in [0, 0.05) is 6.04 Å². The first-order chi connectivity index (χ1) is 7.83. The fourth-order valence-electron chi connectivity index (χ4n) is 2.35. The molecule has 0 aromatic heterocycles. The van der Waals surface area contributed by atoms with Crippen LogP contribution in [0, 0.1) is 5.92 Å². The van der Waals surface area contributed by atoms with Crippen molar-refractivity contribution in [1.82, 2.24) is 5.32 Å². The molecule has 0 radical (unpaired) electrons. The topological polar surface area (TPSA) is 21.3 Å². The monoisotopic (exact) mass is 227 g/mol. The van der Waals surface area contributed by atoms with Crippen LogP contribution in [0.4, 0.5) is 0 Å². The molecule has 2 atom stereocenters. The molecule has 1 N–H and O–H groups in total. The van der Waals surface area contributed by atoms with E-state index in [9.17, 15) is 0 Å². The summed E-state index contributed by atoms with van der Waals surface area (Å²) in [7, 11) is 0. The minimum Gasteiger partial charge on any atom is -0.365 e. The normalized spacial score (nSPS) is 22.5. The van der Waals surface area contributed by atoms with E-state index < -0.39 is 0 Å². The van der Waals surface area contributed by atoms with Crippen LogP contribution in [0.5, 0.6) is 0 Å². The molecule has 1 saturated heterocycles. The van der Waals surface area contributed by atoms with Crippen LogP contribution in [-0.4, -0.2) is 19.4 Å². The first-order valence-corrected chi connectivity index (χ1v) is 7.14. The number of hydrogen-bond acceptors (Lipinski definition) is 2. The molecule has 16 heavy (non-hydrogen) atoms. The van der Waals surface area contributed by atoms with Gasteiger partial charge in [0.2, 0.25) is 0 Å². The average Bonchev–Trinajstić information content (AvgIpc) is 2.79. The largest absolute Gasteiger partial charge is 0.365 e. The van der Waals surface area contributed by atoms with Crippen LogP contribution < -0.4 is 5.32 Å². The second-order valence-corrected chi connectivity index (χ2v) is 5.30. The highest BCUT2D eigenvalue weighted by atomic mass is 16.5. The predicted octanol–water partition coefficient (Wildman–Crippen LogP) is 3.71. The number of rotatable bonds is 9. The van der Waals surface area contributed by atoms with Crippen LogP contribution in [0.1, 0.15) is 65.2 Å². The van der Waals surface area contributed by atoms with E-state index >= 15 is 0 Å². The minimum absolute atomic E-state index is 0.627. The van der Waals surface area contributed by atoms with Gasteiger partial charge in [-0.2, -0.15) is 0 Å². The van der Waals surface area contributed by atoms with E-state index in [0.717, 1.165) is 19.3 Å². The van der Waals surface area contributed by atoms with Gasteiger partial charge in [-0.1, -0.05) is 52.4 Å². The highest BCUT2D eigenvalue weighted by molar-refractivity contribution is 4.70. The molecular weight excluding hydrogens is 198 g/mol. The van der Waals surface area contributed by atoms with Gasteiger partial charge in [-0.05, 0) is 18.8 Å². The van der Waals surface area contributed by atoms with Crippen LogP contribution in [-0.2, 0) is 4.74 Å². The van der Waals surface area contributed by atoms with Crippen LogP contribution >= 0.6 is 0 Å². The molecular formula is C14H29NO. The zero-order valence-corrected chi connectivity index (χ0v) is 11.1. The lowest BCUT2D eigenvalue weighted by molar-refractivity contribution is 0.188. The molecule has 1 aliphatic heterocycles. The Labute approximate surface area is 101 Å². The number of nitrogens with one attached hydrogen (secondary N) is 1. The van der Waals surface area contributed by atoms with Crippen molar-refractivity contribution in [3.05, 3.63) is 0 Å². The molecule has 2 heteroatoms. The molecule has 0 amide bonds. The van der Waals surface area contributed by atoms with E-state index in [1.54, 1.807) is 0 Å². The Morgan fingerprint density at radius 1 is 1.19 bits per heavy atom. The van der Waals surface area contributed by atoms with E-state index in [4.69, 9.17) is 4.74 Å². The third kappa shape index (κ3) is 6.49. The molecule has 96 valence electrons. The Morgan fingerprint density at radius 3 is 2.69 bits per heavy atom. The average molecular weight is 227 g/mol. The fourth-order valence-corrected chi connectivity index (χ4v) is 2.35. The second kappa shape index (κ2) is 9.00. The van der Waals surface area contributed by atoms with Crippen molar-refractivity contribution < 1.29 is 4.74 Å². The summed E-state index contributed by atoms with van der Waals surface area (Å²) in [6.45, 7) is 6.36. The summed E-state index contributed by atoms with van der Waals surface area (Å²) in [5.74, 6) is 0.893. The predicted molar refractivity (Wildman–Crippen MR) is 69.5 cm³/mol. The van der Waals surface area contributed by atoms with Gasteiger partial charge in [-0.3, -0.25) is 5.32 Å². The maximum absolute atomic E-state index is 5.30. The van der Waals surface area contributed by atoms with Gasteiger partial charge in [-0.15, -0.1) is 0 Å². The number of ether oxygens (including phenoxy) is 1. The molecule has 0 spiro atoms. The molecule has 0 saturated carbocycles. The third-order valence-electron chi connectivity index (χ3n) is 3.60. The second-order valence-electron chi connectivity index (χ2n) is 5.30. The van der Waals surface area contributed by atoms with Gasteiger partial charge in [-0.25, -0.2) is 0 Å². The SMILES string of the molecule is CCCCCCCC(C)CCC1COCN1. The van der Waals surface area contributed by atoms with E-state index in [2.05, 4.69) is 19.2 Å². The molecule has 1 heterocycles. The Hall–Kier alpha value is -0.0800. The summed E-state index contributed by atoms with van der Waals surface area (Å²) in [5.41, 5.74) is 0. The summed E-state index contributed by atoms with van der Waals surface area (Å²) in [6.07, 6.45) is 11.1.